The van der Waals surface area contributed by atoms with Crippen LogP contribution in [0.5, 0.6) is 0 Å². The molecule has 2 rings (SSSR count). The van der Waals surface area contributed by atoms with Crippen molar-refractivity contribution in [2.45, 2.75) is 20.0 Å². The molecule has 0 bridgehead atoms. The highest BCUT2D eigenvalue weighted by Crippen LogP contribution is 2.15. The van der Waals surface area contributed by atoms with Gasteiger partial charge in [0.15, 0.2) is 5.96 Å². The van der Waals surface area contributed by atoms with Gasteiger partial charge in [0.25, 0.3) is 0 Å². The lowest BCUT2D eigenvalue weighted by Gasteiger charge is -2.11. The number of halogens is 2. The highest BCUT2D eigenvalue weighted by atomic mass is 19.1. The standard InChI is InChI=1S/C17H19F2N3O3/c1-10-14(16(23)24-3)7-13(25-10)9-22-17(20-2)21-8-11-6-12(18)4-5-15(11)19/h4-7H,8-9H2,1-3H3,(H2,20,21,22). The number of guanidine groups is 1. The molecule has 1 aromatic heterocycles. The number of benzene rings is 1. The Morgan fingerprint density at radius 1 is 1.24 bits per heavy atom. The van der Waals surface area contributed by atoms with Crippen LogP contribution < -0.4 is 10.6 Å². The second kappa shape index (κ2) is 8.27. The van der Waals surface area contributed by atoms with Crippen molar-refractivity contribution < 1.29 is 22.7 Å². The van der Waals surface area contributed by atoms with Crippen molar-refractivity contribution in [1.29, 1.82) is 0 Å². The molecule has 0 saturated carbocycles. The van der Waals surface area contributed by atoms with Crippen LogP contribution in [0.2, 0.25) is 0 Å². The first-order valence-electron chi connectivity index (χ1n) is 7.50. The summed E-state index contributed by atoms with van der Waals surface area (Å²) in [7, 11) is 2.84. The predicted octanol–water partition coefficient (Wildman–Crippen LogP) is 2.52. The quantitative estimate of drug-likeness (QED) is 0.492. The van der Waals surface area contributed by atoms with Gasteiger partial charge in [-0.15, -0.1) is 0 Å². The summed E-state index contributed by atoms with van der Waals surface area (Å²) >= 11 is 0. The fraction of sp³-hybridized carbons (Fsp3) is 0.294. The van der Waals surface area contributed by atoms with E-state index in [0.29, 0.717) is 23.0 Å². The third kappa shape index (κ3) is 4.79. The van der Waals surface area contributed by atoms with E-state index >= 15 is 0 Å². The fourth-order valence-electron chi connectivity index (χ4n) is 2.19. The number of ether oxygens (including phenoxy) is 1. The highest BCUT2D eigenvalue weighted by Gasteiger charge is 2.15. The third-order valence-electron chi connectivity index (χ3n) is 3.48. The van der Waals surface area contributed by atoms with Crippen LogP contribution in [0.1, 0.15) is 27.4 Å². The molecule has 0 aliphatic rings. The van der Waals surface area contributed by atoms with E-state index in [2.05, 4.69) is 20.4 Å². The van der Waals surface area contributed by atoms with Crippen molar-refractivity contribution >= 4 is 11.9 Å². The molecule has 2 N–H and O–H groups in total. The van der Waals surface area contributed by atoms with Crippen LogP contribution in [0.4, 0.5) is 8.78 Å². The average molecular weight is 351 g/mol. The Kier molecular flexibility index (Phi) is 6.10. The van der Waals surface area contributed by atoms with Crippen LogP contribution in [0.25, 0.3) is 0 Å². The molecule has 0 aliphatic heterocycles. The highest BCUT2D eigenvalue weighted by molar-refractivity contribution is 5.90. The number of nitrogens with zero attached hydrogens (tertiary/aromatic N) is 1. The summed E-state index contributed by atoms with van der Waals surface area (Å²) in [6.45, 7) is 1.98. The first-order valence-corrected chi connectivity index (χ1v) is 7.50. The first kappa shape index (κ1) is 18.4. The van der Waals surface area contributed by atoms with E-state index in [1.807, 2.05) is 0 Å². The smallest absolute Gasteiger partial charge is 0.341 e. The van der Waals surface area contributed by atoms with E-state index in [1.54, 1.807) is 20.0 Å². The number of furan rings is 1. The maximum absolute atomic E-state index is 13.6. The molecule has 1 heterocycles. The Morgan fingerprint density at radius 3 is 2.64 bits per heavy atom. The maximum atomic E-state index is 13.6. The molecule has 6 nitrogen and oxygen atoms in total. The molecule has 0 fully saturated rings. The molecule has 8 heteroatoms. The zero-order chi connectivity index (χ0) is 18.4. The van der Waals surface area contributed by atoms with Crippen LogP contribution in [-0.4, -0.2) is 26.1 Å². The molecule has 0 aliphatic carbocycles. The number of esters is 1. The van der Waals surface area contributed by atoms with Crippen LogP contribution in [0.15, 0.2) is 33.7 Å². The first-order chi connectivity index (χ1) is 11.9. The molecule has 0 atom stereocenters. The minimum atomic E-state index is -0.512. The predicted molar refractivity (Wildman–Crippen MR) is 88.2 cm³/mol. The van der Waals surface area contributed by atoms with Crippen LogP contribution in [-0.2, 0) is 17.8 Å². The zero-order valence-electron chi connectivity index (χ0n) is 14.2. The largest absolute Gasteiger partial charge is 0.465 e. The lowest BCUT2D eigenvalue weighted by Crippen LogP contribution is -2.36. The molecule has 1 aromatic carbocycles. The fourth-order valence-corrected chi connectivity index (χ4v) is 2.19. The van der Waals surface area contributed by atoms with Crippen LogP contribution in [0.3, 0.4) is 0 Å². The van der Waals surface area contributed by atoms with E-state index in [0.717, 1.165) is 18.2 Å². The summed E-state index contributed by atoms with van der Waals surface area (Å²) in [6.07, 6.45) is 0. The van der Waals surface area contributed by atoms with Crippen molar-refractivity contribution in [3.63, 3.8) is 0 Å². The van der Waals surface area contributed by atoms with Gasteiger partial charge in [-0.3, -0.25) is 4.99 Å². The zero-order valence-corrected chi connectivity index (χ0v) is 14.2. The molecule has 0 amide bonds. The number of aryl methyl sites for hydroxylation is 1. The molecule has 2 aromatic rings. The molecule has 134 valence electrons. The maximum Gasteiger partial charge on any atom is 0.341 e. The van der Waals surface area contributed by atoms with E-state index in [-0.39, 0.29) is 18.7 Å². The molecule has 0 saturated heterocycles. The number of carbonyl (C=O) groups excluding carboxylic acids is 1. The van der Waals surface area contributed by atoms with Crippen molar-refractivity contribution in [1.82, 2.24) is 10.6 Å². The molecule has 25 heavy (non-hydrogen) atoms. The van der Waals surface area contributed by atoms with Crippen LogP contribution in [0, 0.1) is 18.6 Å². The van der Waals surface area contributed by atoms with Gasteiger partial charge in [-0.1, -0.05) is 0 Å². The van der Waals surface area contributed by atoms with E-state index in [1.165, 1.54) is 7.11 Å². The topological polar surface area (TPSA) is 75.9 Å². The van der Waals surface area contributed by atoms with E-state index in [9.17, 15) is 13.6 Å². The van der Waals surface area contributed by atoms with Gasteiger partial charge in [-0.25, -0.2) is 13.6 Å². The lowest BCUT2D eigenvalue weighted by atomic mass is 10.2. The van der Waals surface area contributed by atoms with Crippen molar-refractivity contribution in [3.05, 3.63) is 58.5 Å². The SMILES string of the molecule is CN=C(NCc1cc(C(=O)OC)c(C)o1)NCc1cc(F)ccc1F. The Bertz CT molecular complexity index is 787. The minimum Gasteiger partial charge on any atom is -0.465 e. The number of aliphatic imine (C=N–C) groups is 1. The molecular formula is C17H19F2N3O3. The number of methoxy groups -OCH3 is 1. The number of hydrogen-bond acceptors (Lipinski definition) is 4. The number of rotatable bonds is 5. The molecule has 0 radical (unpaired) electrons. The summed E-state index contributed by atoms with van der Waals surface area (Å²) in [5.74, 6) is -0.156. The summed E-state index contributed by atoms with van der Waals surface area (Å²) in [4.78, 5) is 15.6. The monoisotopic (exact) mass is 351 g/mol. The van der Waals surface area contributed by atoms with Gasteiger partial charge in [-0.05, 0) is 31.2 Å². The summed E-state index contributed by atoms with van der Waals surface area (Å²) in [6, 6.07) is 4.83. The normalized spacial score (nSPS) is 11.3. The second-order valence-corrected chi connectivity index (χ2v) is 5.19. The van der Waals surface area contributed by atoms with E-state index in [4.69, 9.17) is 4.42 Å². The summed E-state index contributed by atoms with van der Waals surface area (Å²) in [5, 5.41) is 5.84. The number of nitrogens with one attached hydrogen (secondary N) is 2. The van der Waals surface area contributed by atoms with Crippen molar-refractivity contribution in [3.8, 4) is 0 Å². The summed E-state index contributed by atoms with van der Waals surface area (Å²) in [5.41, 5.74) is 0.536. The summed E-state index contributed by atoms with van der Waals surface area (Å²) < 4.78 is 36.9. The average Bonchev–Trinajstić information content (AvgIpc) is 2.98. The Hall–Kier alpha value is -2.90. The Labute approximate surface area is 143 Å². The Morgan fingerprint density at radius 2 is 1.96 bits per heavy atom. The molecule has 0 spiro atoms. The lowest BCUT2D eigenvalue weighted by molar-refractivity contribution is 0.0599. The van der Waals surface area contributed by atoms with Gasteiger partial charge in [0, 0.05) is 19.2 Å². The van der Waals surface area contributed by atoms with Gasteiger partial charge in [0.05, 0.1) is 13.7 Å². The third-order valence-corrected chi connectivity index (χ3v) is 3.48. The van der Waals surface area contributed by atoms with Crippen LogP contribution >= 0.6 is 0 Å². The molecule has 0 unspecified atom stereocenters. The van der Waals surface area contributed by atoms with Gasteiger partial charge >= 0.3 is 5.97 Å². The van der Waals surface area contributed by atoms with Crippen molar-refractivity contribution in [2.75, 3.05) is 14.2 Å². The van der Waals surface area contributed by atoms with Gasteiger partial charge < -0.3 is 19.8 Å². The van der Waals surface area contributed by atoms with E-state index < -0.39 is 17.6 Å². The number of hydrogen-bond donors (Lipinski definition) is 2. The Balaban J connectivity index is 1.95. The van der Waals surface area contributed by atoms with Gasteiger partial charge in [-0.2, -0.15) is 0 Å². The second-order valence-electron chi connectivity index (χ2n) is 5.19. The number of carbonyl (C=O) groups is 1. The molecular weight excluding hydrogens is 332 g/mol. The van der Waals surface area contributed by atoms with Gasteiger partial charge in [0.2, 0.25) is 0 Å². The van der Waals surface area contributed by atoms with Gasteiger partial charge in [0.1, 0.15) is 28.7 Å². The van der Waals surface area contributed by atoms with Crippen molar-refractivity contribution in [2.24, 2.45) is 4.99 Å². The minimum absolute atomic E-state index is 0.0634.